The summed E-state index contributed by atoms with van der Waals surface area (Å²) in [5.74, 6) is -0.955. The molecule has 1 fully saturated rings. The van der Waals surface area contributed by atoms with Gasteiger partial charge in [-0.2, -0.15) is 5.10 Å². The lowest BCUT2D eigenvalue weighted by molar-refractivity contribution is 0.102. The molecule has 1 amide bonds. The van der Waals surface area contributed by atoms with Crippen molar-refractivity contribution in [3.05, 3.63) is 52.8 Å². The minimum absolute atomic E-state index is 0.212. The van der Waals surface area contributed by atoms with E-state index in [0.29, 0.717) is 34.5 Å². The molecule has 1 aliphatic heterocycles. The van der Waals surface area contributed by atoms with Gasteiger partial charge in [0, 0.05) is 61.4 Å². The number of imidazole rings is 1. The standard InChI is InChI=1S/C24H27ClFN7O/c1-5-33-13-17-20(31-7-6-16(12-31)30(3)4)9-18(25)21(22(17)29-33)24(34)28-15-8-19(26)23-27-14(2)10-32(23)11-15/h8-11,13,16H,5-7,12H2,1-4H3,(H,28,34). The van der Waals surface area contributed by atoms with E-state index < -0.39 is 11.7 Å². The van der Waals surface area contributed by atoms with E-state index >= 15 is 0 Å². The number of benzene rings is 1. The molecular weight excluding hydrogens is 457 g/mol. The van der Waals surface area contributed by atoms with Gasteiger partial charge in [-0.3, -0.25) is 9.48 Å². The number of anilines is 2. The molecule has 1 aliphatic rings. The van der Waals surface area contributed by atoms with Crippen LogP contribution in [-0.4, -0.2) is 63.2 Å². The van der Waals surface area contributed by atoms with Crippen LogP contribution in [-0.2, 0) is 6.54 Å². The van der Waals surface area contributed by atoms with Crippen LogP contribution in [0.5, 0.6) is 0 Å². The highest BCUT2D eigenvalue weighted by atomic mass is 35.5. The van der Waals surface area contributed by atoms with Crippen LogP contribution in [0.1, 0.15) is 29.4 Å². The van der Waals surface area contributed by atoms with Crippen LogP contribution in [0, 0.1) is 12.7 Å². The molecule has 1 aromatic carbocycles. The number of rotatable bonds is 5. The second kappa shape index (κ2) is 8.56. The third-order valence-corrected chi connectivity index (χ3v) is 6.74. The van der Waals surface area contributed by atoms with Crippen LogP contribution in [0.3, 0.4) is 0 Å². The molecule has 0 spiro atoms. The lowest BCUT2D eigenvalue weighted by Gasteiger charge is -2.23. The van der Waals surface area contributed by atoms with Crippen molar-refractivity contribution in [3.8, 4) is 0 Å². The number of likely N-dealkylation sites (N-methyl/N-ethyl adjacent to an activating group) is 1. The molecule has 10 heteroatoms. The van der Waals surface area contributed by atoms with Gasteiger partial charge in [-0.1, -0.05) is 11.6 Å². The molecule has 4 aromatic rings. The van der Waals surface area contributed by atoms with Crippen molar-refractivity contribution < 1.29 is 9.18 Å². The van der Waals surface area contributed by atoms with E-state index in [4.69, 9.17) is 11.6 Å². The minimum atomic E-state index is -0.516. The van der Waals surface area contributed by atoms with Gasteiger partial charge >= 0.3 is 0 Å². The normalized spacial score (nSPS) is 16.3. The Bertz CT molecular complexity index is 1410. The van der Waals surface area contributed by atoms with Gasteiger partial charge in [0.05, 0.1) is 22.0 Å². The second-order valence-electron chi connectivity index (χ2n) is 9.00. The van der Waals surface area contributed by atoms with Crippen LogP contribution in [0.15, 0.2) is 30.7 Å². The van der Waals surface area contributed by atoms with Crippen LogP contribution >= 0.6 is 11.6 Å². The lowest BCUT2D eigenvalue weighted by Crippen LogP contribution is -2.31. The van der Waals surface area contributed by atoms with E-state index in [2.05, 4.69) is 39.3 Å². The van der Waals surface area contributed by atoms with E-state index in [9.17, 15) is 9.18 Å². The first-order valence-electron chi connectivity index (χ1n) is 11.3. The average molecular weight is 484 g/mol. The molecule has 1 atom stereocenters. The van der Waals surface area contributed by atoms with Gasteiger partial charge in [0.15, 0.2) is 11.5 Å². The average Bonchev–Trinajstić information content (AvgIpc) is 3.50. The van der Waals surface area contributed by atoms with Crippen LogP contribution < -0.4 is 10.2 Å². The van der Waals surface area contributed by atoms with Crippen molar-refractivity contribution in [1.29, 1.82) is 0 Å². The highest BCUT2D eigenvalue weighted by Gasteiger charge is 2.28. The second-order valence-corrected chi connectivity index (χ2v) is 9.40. The van der Waals surface area contributed by atoms with Crippen molar-refractivity contribution in [3.63, 3.8) is 0 Å². The highest BCUT2D eigenvalue weighted by molar-refractivity contribution is 6.37. The molecule has 5 rings (SSSR count). The first-order chi connectivity index (χ1) is 16.2. The maximum absolute atomic E-state index is 14.5. The minimum Gasteiger partial charge on any atom is -0.369 e. The van der Waals surface area contributed by atoms with Crippen LogP contribution in [0.4, 0.5) is 15.8 Å². The smallest absolute Gasteiger partial charge is 0.259 e. The number of fused-ring (bicyclic) bond motifs is 2. The number of halogens is 2. The number of nitrogens with one attached hydrogen (secondary N) is 1. The summed E-state index contributed by atoms with van der Waals surface area (Å²) in [7, 11) is 4.18. The van der Waals surface area contributed by atoms with Crippen LogP contribution in [0.2, 0.25) is 5.02 Å². The zero-order valence-electron chi connectivity index (χ0n) is 19.6. The van der Waals surface area contributed by atoms with Gasteiger partial charge in [-0.25, -0.2) is 9.37 Å². The number of hydrogen-bond acceptors (Lipinski definition) is 5. The zero-order chi connectivity index (χ0) is 24.1. The molecule has 34 heavy (non-hydrogen) atoms. The summed E-state index contributed by atoms with van der Waals surface area (Å²) >= 11 is 6.69. The van der Waals surface area contributed by atoms with E-state index in [1.54, 1.807) is 28.4 Å². The Labute approximate surface area is 201 Å². The summed E-state index contributed by atoms with van der Waals surface area (Å²) in [4.78, 5) is 22.0. The van der Waals surface area contributed by atoms with E-state index in [1.165, 1.54) is 6.07 Å². The fourth-order valence-corrected chi connectivity index (χ4v) is 4.92. The van der Waals surface area contributed by atoms with Crippen molar-refractivity contribution in [2.24, 2.45) is 0 Å². The SMILES string of the molecule is CCn1cc2c(N3CCC(N(C)C)C3)cc(Cl)c(C(=O)Nc3cc(F)c4nc(C)cn4c3)c2n1. The van der Waals surface area contributed by atoms with Crippen molar-refractivity contribution >= 4 is 45.4 Å². The summed E-state index contributed by atoms with van der Waals surface area (Å²) in [6, 6.07) is 3.56. The predicted molar refractivity (Wildman–Crippen MR) is 133 cm³/mol. The number of aromatic nitrogens is 4. The van der Waals surface area contributed by atoms with Crippen molar-refractivity contribution in [1.82, 2.24) is 24.1 Å². The van der Waals surface area contributed by atoms with Crippen molar-refractivity contribution in [2.45, 2.75) is 32.9 Å². The van der Waals surface area contributed by atoms with Gasteiger partial charge in [-0.15, -0.1) is 0 Å². The Morgan fingerprint density at radius 1 is 1.29 bits per heavy atom. The number of pyridine rings is 1. The Morgan fingerprint density at radius 2 is 2.09 bits per heavy atom. The number of nitrogens with zero attached hydrogens (tertiary/aromatic N) is 6. The Hall–Kier alpha value is -3.17. The molecule has 1 saturated heterocycles. The van der Waals surface area contributed by atoms with E-state index in [0.717, 1.165) is 30.6 Å². The Morgan fingerprint density at radius 3 is 2.79 bits per heavy atom. The third kappa shape index (κ3) is 3.88. The molecule has 1 unspecified atom stereocenters. The summed E-state index contributed by atoms with van der Waals surface area (Å²) in [6.45, 7) is 6.23. The van der Waals surface area contributed by atoms with E-state index in [1.807, 2.05) is 19.2 Å². The fourth-order valence-electron chi connectivity index (χ4n) is 4.64. The molecule has 8 nitrogen and oxygen atoms in total. The highest BCUT2D eigenvalue weighted by Crippen LogP contribution is 2.36. The molecule has 1 N–H and O–H groups in total. The Balaban J connectivity index is 1.54. The lowest BCUT2D eigenvalue weighted by atomic mass is 10.1. The molecule has 0 radical (unpaired) electrons. The number of amides is 1. The molecular formula is C24H27ClFN7O. The van der Waals surface area contributed by atoms with Gasteiger partial charge in [0.25, 0.3) is 5.91 Å². The monoisotopic (exact) mass is 483 g/mol. The molecule has 3 aromatic heterocycles. The summed E-state index contributed by atoms with van der Waals surface area (Å²) in [5, 5.41) is 8.64. The summed E-state index contributed by atoms with van der Waals surface area (Å²) in [6.07, 6.45) is 6.35. The summed E-state index contributed by atoms with van der Waals surface area (Å²) in [5.41, 5.74) is 2.99. The number of carbonyl (C=O) groups is 1. The molecule has 0 aliphatic carbocycles. The summed E-state index contributed by atoms with van der Waals surface area (Å²) < 4.78 is 17.9. The molecule has 0 saturated carbocycles. The first-order valence-corrected chi connectivity index (χ1v) is 11.7. The van der Waals surface area contributed by atoms with Crippen molar-refractivity contribution in [2.75, 3.05) is 37.4 Å². The van der Waals surface area contributed by atoms with Crippen LogP contribution in [0.25, 0.3) is 16.6 Å². The van der Waals surface area contributed by atoms with Gasteiger partial charge in [-0.05, 0) is 40.4 Å². The maximum atomic E-state index is 14.5. The number of hydrogen-bond donors (Lipinski definition) is 1. The maximum Gasteiger partial charge on any atom is 0.259 e. The quantitative estimate of drug-likeness (QED) is 0.460. The first kappa shape index (κ1) is 22.6. The molecule has 178 valence electrons. The Kier molecular flexibility index (Phi) is 5.69. The van der Waals surface area contributed by atoms with E-state index in [-0.39, 0.29) is 11.2 Å². The fraction of sp³-hybridized carbons (Fsp3) is 0.375. The topological polar surface area (TPSA) is 70.7 Å². The number of aryl methyl sites for hydroxylation is 2. The number of carbonyl (C=O) groups excluding carboxylic acids is 1. The zero-order valence-corrected chi connectivity index (χ0v) is 20.4. The molecule has 0 bridgehead atoms. The predicted octanol–water partition coefficient (Wildman–Crippen LogP) is 4.20. The van der Waals surface area contributed by atoms with Gasteiger partial charge < -0.3 is 19.5 Å². The van der Waals surface area contributed by atoms with Gasteiger partial charge in [0.2, 0.25) is 0 Å². The largest absolute Gasteiger partial charge is 0.369 e. The van der Waals surface area contributed by atoms with Gasteiger partial charge in [0.1, 0.15) is 5.52 Å². The molecule has 4 heterocycles. The third-order valence-electron chi connectivity index (χ3n) is 6.45.